The van der Waals surface area contributed by atoms with Crippen LogP contribution in [0, 0.1) is 0 Å². The van der Waals surface area contributed by atoms with Crippen molar-refractivity contribution in [3.63, 3.8) is 0 Å². The highest BCUT2D eigenvalue weighted by Gasteiger charge is 2.11. The minimum absolute atomic E-state index is 0.307. The van der Waals surface area contributed by atoms with Gasteiger partial charge in [-0.1, -0.05) is 72.3 Å². The number of nitrogens with zero attached hydrogens (tertiary/aromatic N) is 2. The zero-order valence-electron chi connectivity index (χ0n) is 17.6. The highest BCUT2D eigenvalue weighted by molar-refractivity contribution is 6.30. The zero-order chi connectivity index (χ0) is 22.9. The van der Waals surface area contributed by atoms with Gasteiger partial charge in [0.2, 0.25) is 0 Å². The van der Waals surface area contributed by atoms with Crippen LogP contribution in [0.2, 0.25) is 5.02 Å². The molecule has 164 valence electrons. The number of nitrogens with one attached hydrogen (secondary N) is 2. The predicted molar refractivity (Wildman–Crippen MR) is 131 cm³/mol. The second-order valence-electron chi connectivity index (χ2n) is 7.10. The van der Waals surface area contributed by atoms with Crippen molar-refractivity contribution in [3.05, 3.63) is 113 Å². The van der Waals surface area contributed by atoms with Crippen LogP contribution in [0.1, 0.15) is 21.6 Å². The van der Waals surface area contributed by atoms with Gasteiger partial charge in [0.25, 0.3) is 5.91 Å². The summed E-state index contributed by atoms with van der Waals surface area (Å²) >= 11 is 5.92. The first-order valence-corrected chi connectivity index (χ1v) is 10.6. The van der Waals surface area contributed by atoms with Crippen molar-refractivity contribution in [2.24, 2.45) is 5.10 Å². The summed E-state index contributed by atoms with van der Waals surface area (Å²) in [6.07, 6.45) is 5.17. The van der Waals surface area contributed by atoms with Crippen molar-refractivity contribution in [2.75, 3.05) is 0 Å². The minimum atomic E-state index is -0.381. The number of carbonyl (C=O) groups is 1. The maximum Gasteiger partial charge on any atom is 0.289 e. The average Bonchev–Trinajstić information content (AvgIpc) is 3.35. The van der Waals surface area contributed by atoms with Crippen LogP contribution in [0.15, 0.2) is 96.1 Å². The molecule has 2 N–H and O–H groups in total. The number of benzene rings is 3. The Balaban J connectivity index is 1.34. The summed E-state index contributed by atoms with van der Waals surface area (Å²) in [6, 6.07) is 26.5. The van der Waals surface area contributed by atoms with E-state index in [1.165, 1.54) is 6.21 Å². The molecular formula is C26H21ClN4O2. The van der Waals surface area contributed by atoms with E-state index < -0.39 is 0 Å². The molecule has 0 saturated heterocycles. The van der Waals surface area contributed by atoms with Crippen LogP contribution in [0.4, 0.5) is 0 Å². The molecule has 4 aromatic rings. The van der Waals surface area contributed by atoms with E-state index in [2.05, 4.69) is 20.7 Å². The summed E-state index contributed by atoms with van der Waals surface area (Å²) in [5.74, 6) is 0.319. The van der Waals surface area contributed by atoms with Gasteiger partial charge in [-0.2, -0.15) is 10.2 Å². The van der Waals surface area contributed by atoms with Gasteiger partial charge in [0.05, 0.1) is 5.69 Å². The summed E-state index contributed by atoms with van der Waals surface area (Å²) in [6.45, 7) is 0.422. The molecule has 1 amide bonds. The fraction of sp³-hybridized carbons (Fsp3) is 0.0385. The van der Waals surface area contributed by atoms with Crippen molar-refractivity contribution in [2.45, 2.75) is 6.61 Å². The van der Waals surface area contributed by atoms with Crippen molar-refractivity contribution in [1.82, 2.24) is 15.6 Å². The molecule has 7 heteroatoms. The van der Waals surface area contributed by atoms with Gasteiger partial charge in [0.1, 0.15) is 18.1 Å². The molecule has 0 aliphatic heterocycles. The van der Waals surface area contributed by atoms with Crippen molar-refractivity contribution < 1.29 is 9.53 Å². The van der Waals surface area contributed by atoms with E-state index in [0.29, 0.717) is 28.8 Å². The third kappa shape index (κ3) is 6.41. The number of aromatic amines is 1. The van der Waals surface area contributed by atoms with Crippen molar-refractivity contribution >= 4 is 29.8 Å². The lowest BCUT2D eigenvalue weighted by Gasteiger charge is -2.07. The van der Waals surface area contributed by atoms with Crippen molar-refractivity contribution in [3.8, 4) is 17.0 Å². The van der Waals surface area contributed by atoms with Gasteiger partial charge >= 0.3 is 0 Å². The Labute approximate surface area is 196 Å². The molecule has 4 rings (SSSR count). The van der Waals surface area contributed by atoms with E-state index >= 15 is 0 Å². The largest absolute Gasteiger partial charge is 0.489 e. The van der Waals surface area contributed by atoms with E-state index in [9.17, 15) is 4.79 Å². The first-order chi connectivity index (χ1) is 16.2. The van der Waals surface area contributed by atoms with E-state index in [0.717, 1.165) is 16.7 Å². The Kier molecular flexibility index (Phi) is 7.30. The molecule has 6 nitrogen and oxygen atoms in total. The molecule has 0 bridgehead atoms. The zero-order valence-corrected chi connectivity index (χ0v) is 18.4. The van der Waals surface area contributed by atoms with Gasteiger partial charge in [-0.3, -0.25) is 9.89 Å². The number of ether oxygens (including phenoxy) is 1. The van der Waals surface area contributed by atoms with E-state index in [1.54, 1.807) is 12.1 Å². The van der Waals surface area contributed by atoms with E-state index in [4.69, 9.17) is 16.3 Å². The monoisotopic (exact) mass is 456 g/mol. The molecule has 0 saturated carbocycles. The van der Waals surface area contributed by atoms with Crippen LogP contribution in [-0.4, -0.2) is 22.3 Å². The summed E-state index contributed by atoms with van der Waals surface area (Å²) in [7, 11) is 0. The molecule has 0 fully saturated rings. The predicted octanol–water partition coefficient (Wildman–Crippen LogP) is 5.74. The third-order valence-electron chi connectivity index (χ3n) is 4.69. The third-order valence-corrected chi connectivity index (χ3v) is 4.94. The Morgan fingerprint density at radius 3 is 2.67 bits per heavy atom. The lowest BCUT2D eigenvalue weighted by atomic mass is 10.1. The number of aromatic nitrogens is 2. The summed E-state index contributed by atoms with van der Waals surface area (Å²) in [5, 5.41) is 11.6. The molecule has 0 atom stereocenters. The number of amides is 1. The number of hydrogen-bond donors (Lipinski definition) is 2. The molecule has 0 spiro atoms. The molecule has 0 aliphatic carbocycles. The first kappa shape index (κ1) is 22.0. The number of carbonyl (C=O) groups excluding carboxylic acids is 1. The standard InChI is InChI=1S/C26H21ClN4O2/c27-22-13-11-20(12-14-22)18-33-23-10-4-9-21(16-23)24-17-25(30-29-24)26(32)31-28-15-5-8-19-6-2-1-3-7-19/h1-17H,18H2,(H,29,30)(H,31,32)/b8-5+,28-15-. The van der Waals surface area contributed by atoms with E-state index in [1.807, 2.05) is 84.9 Å². The Bertz CT molecular complexity index is 1260. The maximum absolute atomic E-state index is 12.3. The van der Waals surface area contributed by atoms with Crippen LogP contribution < -0.4 is 10.2 Å². The average molecular weight is 457 g/mol. The Hall–Kier alpha value is -4.16. The number of hydrazone groups is 1. The van der Waals surface area contributed by atoms with Crippen LogP contribution in [0.25, 0.3) is 17.3 Å². The summed E-state index contributed by atoms with van der Waals surface area (Å²) in [5.41, 5.74) is 6.31. The lowest BCUT2D eigenvalue weighted by molar-refractivity contribution is 0.0950. The van der Waals surface area contributed by atoms with E-state index in [-0.39, 0.29) is 5.91 Å². The Morgan fingerprint density at radius 2 is 1.85 bits per heavy atom. The molecule has 0 radical (unpaired) electrons. The molecule has 1 heterocycles. The second-order valence-corrected chi connectivity index (χ2v) is 7.54. The SMILES string of the molecule is O=C(N/N=C\C=C\c1ccccc1)c1cc(-c2cccc(OCc3ccc(Cl)cc3)c2)n[nH]1. The number of halogens is 1. The Morgan fingerprint density at radius 1 is 1.03 bits per heavy atom. The minimum Gasteiger partial charge on any atom is -0.489 e. The normalized spacial score (nSPS) is 11.2. The number of H-pyrrole nitrogens is 1. The van der Waals surface area contributed by atoms with Gasteiger partial charge < -0.3 is 4.74 Å². The highest BCUT2D eigenvalue weighted by Crippen LogP contribution is 2.23. The maximum atomic E-state index is 12.3. The molecule has 1 aromatic heterocycles. The van der Waals surface area contributed by atoms with Crippen LogP contribution >= 0.6 is 11.6 Å². The fourth-order valence-electron chi connectivity index (χ4n) is 3.00. The van der Waals surface area contributed by atoms with Gasteiger partial charge in [0.15, 0.2) is 0 Å². The smallest absolute Gasteiger partial charge is 0.289 e. The quantitative estimate of drug-likeness (QED) is 0.262. The second kappa shape index (κ2) is 10.9. The molecule has 0 aliphatic rings. The lowest BCUT2D eigenvalue weighted by Crippen LogP contribution is -2.17. The van der Waals surface area contributed by atoms with Gasteiger partial charge in [0, 0.05) is 16.8 Å². The number of allylic oxidation sites excluding steroid dienone is 1. The molecule has 0 unspecified atom stereocenters. The molecular weight excluding hydrogens is 436 g/mol. The van der Waals surface area contributed by atoms with Gasteiger partial charge in [-0.15, -0.1) is 0 Å². The van der Waals surface area contributed by atoms with Crippen LogP contribution in [-0.2, 0) is 6.61 Å². The topological polar surface area (TPSA) is 79.4 Å². The number of hydrogen-bond acceptors (Lipinski definition) is 4. The molecule has 3 aromatic carbocycles. The number of rotatable bonds is 8. The van der Waals surface area contributed by atoms with Gasteiger partial charge in [-0.05, 0) is 47.5 Å². The fourth-order valence-corrected chi connectivity index (χ4v) is 3.12. The molecule has 33 heavy (non-hydrogen) atoms. The summed E-state index contributed by atoms with van der Waals surface area (Å²) < 4.78 is 5.87. The van der Waals surface area contributed by atoms with Crippen LogP contribution in [0.5, 0.6) is 5.75 Å². The van der Waals surface area contributed by atoms with Crippen LogP contribution in [0.3, 0.4) is 0 Å². The van der Waals surface area contributed by atoms with Crippen molar-refractivity contribution in [1.29, 1.82) is 0 Å². The van der Waals surface area contributed by atoms with Gasteiger partial charge in [-0.25, -0.2) is 5.43 Å². The highest BCUT2D eigenvalue weighted by atomic mass is 35.5. The summed E-state index contributed by atoms with van der Waals surface area (Å²) in [4.78, 5) is 12.3. The first-order valence-electron chi connectivity index (χ1n) is 10.3.